The van der Waals surface area contributed by atoms with Crippen LogP contribution < -0.4 is 26.6 Å². The number of fused-ring (bicyclic) bond motifs is 10. The summed E-state index contributed by atoms with van der Waals surface area (Å²) >= 11 is 0. The number of amides is 16. The molecule has 41 nitrogen and oxygen atoms in total. The topological polar surface area (TPSA) is 463 Å². The Labute approximate surface area is 630 Å². The second-order valence-corrected chi connectivity index (χ2v) is 26.8. The largest absolute Gasteiger partial charge is 0.461 e. The van der Waals surface area contributed by atoms with E-state index in [2.05, 4.69) is 41.5 Å². The van der Waals surface area contributed by atoms with Crippen LogP contribution in [0.2, 0.25) is 0 Å². The third-order valence-corrected chi connectivity index (χ3v) is 20.2. The average molecular weight is 1540 g/mol. The second kappa shape index (κ2) is 37.0. The second-order valence-electron chi connectivity index (χ2n) is 26.8. The van der Waals surface area contributed by atoms with Crippen LogP contribution in [-0.4, -0.2) is 334 Å². The van der Waals surface area contributed by atoms with Crippen molar-refractivity contribution in [3.8, 4) is 0 Å². The van der Waals surface area contributed by atoms with Gasteiger partial charge in [-0.25, -0.2) is 29.0 Å². The molecule has 41 heteroatoms. The molecule has 16 amide bonds. The number of hydrogen-bond acceptors (Lipinski definition) is 25. The molecular weight excluding hydrogens is 1450 g/mol. The number of nitrogens with zero attached hydrogens (tertiary/aromatic N) is 14. The van der Waals surface area contributed by atoms with Gasteiger partial charge in [-0.15, -0.1) is 0 Å². The van der Waals surface area contributed by atoms with Crippen LogP contribution in [0.25, 0.3) is 0 Å². The number of oxazole rings is 1. The number of piperidine rings is 5. The van der Waals surface area contributed by atoms with Crippen molar-refractivity contribution in [1.29, 1.82) is 0 Å². The summed E-state index contributed by atoms with van der Waals surface area (Å²) in [5.74, 6) is -2.63. The van der Waals surface area contributed by atoms with E-state index in [4.69, 9.17) is 33.0 Å². The van der Waals surface area contributed by atoms with E-state index < -0.39 is 30.2 Å². The molecule has 0 aromatic carbocycles. The summed E-state index contributed by atoms with van der Waals surface area (Å²) in [6.45, 7) is 1.78. The van der Waals surface area contributed by atoms with E-state index in [9.17, 15) is 71.9 Å². The quantitative estimate of drug-likeness (QED) is 0.0560. The summed E-state index contributed by atoms with van der Waals surface area (Å²) in [6.07, 6.45) is 16.2. The number of carbonyl (C=O) groups is 15. The Bertz CT molecular complexity index is 3800. The highest BCUT2D eigenvalue weighted by Crippen LogP contribution is 2.35. The number of carbonyl (C=O) groups excluding carboxylic acids is 15. The maximum Gasteiger partial charge on any atom is 0.345 e. The molecule has 10 aliphatic rings. The third kappa shape index (κ3) is 18.4. The SMILES string of the molecule is CON1C(=O)N2C[C@H]1CC[C@H]2C(=O)NCC(=O)N(C)C.CON1C(=O)N2C[C@H]1CC[C@H]2C(=O)NCC(=O)c1cccnc1.CON1C(=O)N2C[C@H]1CC[C@H]2C(=O)NCC(=O)c1ccco1.CON1C(=O)N2C[C@H]1CC[C@H]2C(=O)NCC(=O)c1ccncc1.CON1C(=O)N2C[C@H]1CC[C@H]2C(=O)NCC(=O)c1cocn1. The number of hydroxylamine groups is 10. The predicted molar refractivity (Wildman–Crippen MR) is 374 cm³/mol. The molecule has 0 saturated carbocycles. The van der Waals surface area contributed by atoms with Crippen molar-refractivity contribution in [2.24, 2.45) is 0 Å². The van der Waals surface area contributed by atoms with Gasteiger partial charge in [-0.1, -0.05) is 0 Å². The number of pyridine rings is 2. The molecule has 4 aromatic rings. The van der Waals surface area contributed by atoms with Crippen molar-refractivity contribution in [3.63, 3.8) is 0 Å². The molecule has 592 valence electrons. The zero-order valence-electron chi connectivity index (χ0n) is 61.7. The van der Waals surface area contributed by atoms with Crippen molar-refractivity contribution >= 4 is 88.7 Å². The lowest BCUT2D eigenvalue weighted by Crippen LogP contribution is -2.51. The van der Waals surface area contributed by atoms with Crippen LogP contribution in [0.4, 0.5) is 24.0 Å². The zero-order chi connectivity index (χ0) is 79.0. The highest BCUT2D eigenvalue weighted by atomic mass is 16.7. The van der Waals surface area contributed by atoms with Gasteiger partial charge in [0.25, 0.3) is 0 Å². The molecule has 10 aliphatic heterocycles. The minimum atomic E-state index is -0.575. The van der Waals surface area contributed by atoms with Gasteiger partial charge in [0.15, 0.2) is 23.7 Å². The normalized spacial score (nSPS) is 23.7. The first kappa shape index (κ1) is 81.0. The zero-order valence-corrected chi connectivity index (χ0v) is 61.7. The van der Waals surface area contributed by atoms with E-state index in [0.29, 0.717) is 102 Å². The molecule has 14 rings (SSSR count). The van der Waals surface area contributed by atoms with Gasteiger partial charge in [-0.2, -0.15) is 25.3 Å². The van der Waals surface area contributed by atoms with Gasteiger partial charge in [0.1, 0.15) is 42.2 Å². The molecule has 4 aromatic heterocycles. The number of ketones is 4. The molecule has 0 radical (unpaired) electrons. The van der Waals surface area contributed by atoms with E-state index in [0.717, 1.165) is 12.8 Å². The lowest BCUT2D eigenvalue weighted by atomic mass is 10.0. The van der Waals surface area contributed by atoms with Crippen molar-refractivity contribution in [2.75, 3.05) is 115 Å². The summed E-state index contributed by atoms with van der Waals surface area (Å²) in [5.41, 5.74) is 1.10. The molecule has 10 bridgehead atoms. The molecule has 10 saturated heterocycles. The Morgan fingerprint density at radius 3 is 1.07 bits per heavy atom. The smallest absolute Gasteiger partial charge is 0.345 e. The monoisotopic (exact) mass is 1540 g/mol. The Balaban J connectivity index is 0.000000146. The molecule has 10 atom stereocenters. The first-order chi connectivity index (χ1) is 52.9. The predicted octanol–water partition coefficient (Wildman–Crippen LogP) is -0.346. The van der Waals surface area contributed by atoms with E-state index in [1.165, 1.54) is 121 Å². The minimum Gasteiger partial charge on any atom is -0.461 e. The third-order valence-electron chi connectivity index (χ3n) is 20.2. The van der Waals surface area contributed by atoms with Crippen LogP contribution in [0, 0.1) is 0 Å². The summed E-state index contributed by atoms with van der Waals surface area (Å²) in [6, 6.07) is 5.38. The van der Waals surface area contributed by atoms with Crippen molar-refractivity contribution < 1.29 is 105 Å². The number of aromatic nitrogens is 3. The van der Waals surface area contributed by atoms with Gasteiger partial charge in [-0.05, 0) is 101 Å². The van der Waals surface area contributed by atoms with Gasteiger partial charge in [0, 0.05) is 82.7 Å². The van der Waals surface area contributed by atoms with E-state index in [1.54, 1.807) is 56.7 Å². The first-order valence-electron chi connectivity index (χ1n) is 35.5. The fraction of sp³-hybridized carbons (Fsp3) is 0.536. The van der Waals surface area contributed by atoms with Crippen LogP contribution in [0.3, 0.4) is 0 Å². The number of rotatable bonds is 24. The molecule has 5 N–H and O–H groups in total. The van der Waals surface area contributed by atoms with Crippen LogP contribution in [0.5, 0.6) is 0 Å². The molecule has 0 spiro atoms. The molecule has 14 heterocycles. The molecule has 10 fully saturated rings. The minimum absolute atomic E-state index is 0.00463. The van der Waals surface area contributed by atoms with Crippen LogP contribution >= 0.6 is 0 Å². The Kier molecular flexibility index (Phi) is 27.3. The first-order valence-corrected chi connectivity index (χ1v) is 35.5. The lowest BCUT2D eigenvalue weighted by Gasteiger charge is -2.29. The van der Waals surface area contributed by atoms with E-state index in [-0.39, 0.29) is 163 Å². The summed E-state index contributed by atoms with van der Waals surface area (Å²) in [5, 5.41) is 19.5. The fourth-order valence-corrected chi connectivity index (χ4v) is 14.5. The molecule has 0 unspecified atom stereocenters. The van der Waals surface area contributed by atoms with E-state index in [1.807, 2.05) is 0 Å². The van der Waals surface area contributed by atoms with Crippen LogP contribution in [0.1, 0.15) is 106 Å². The van der Waals surface area contributed by atoms with E-state index >= 15 is 0 Å². The standard InChI is InChI=1S/2C15H18N4O4.C14H17N3O5.C13H16N4O5.C12H20N4O4/c1-23-19-11-2-3-12(18(9-11)15(19)22)14(21)17-8-13(20)10-4-6-16-7-5-10;1-23-19-11-4-5-12(18(9-11)15(19)22)14(21)17-8-13(20)10-3-2-6-16-7-10;1-21-17-9-4-5-10(16(8-9)14(17)20)13(19)15-7-11(18)12-3-2-6-22-12;1-21-17-8-2-3-10(16(5-8)13(17)20)12(19)14-4-11(18)9-6-22-7-15-9;1-14(2)10(17)6-13-11(18)9-5-4-8-7-15(9)12(19)16(8)20-3/h4-7,11-12H,2-3,8-9H2,1H3,(H,17,21);2-3,6-7,11-12H,4-5,8-9H2,1H3,(H,17,21);2-3,6,9-10H,4-5,7-8H2,1H3,(H,15,19);6-8,10H,2-5H2,1H3,(H,14,19);8-9H,4-7H2,1-3H3,(H,13,18)/t2*11-,12+;9-,10+;8-,10+;8-,9+/m11111/s1. The number of Topliss-reactive ketones (excluding diaryl/α,β-unsaturated/α-hetero) is 4. The summed E-state index contributed by atoms with van der Waals surface area (Å²) < 4.78 is 9.70. The van der Waals surface area contributed by atoms with Gasteiger partial charge in [-0.3, -0.25) is 82.1 Å². The Hall–Kier alpha value is -11.6. The van der Waals surface area contributed by atoms with Crippen LogP contribution in [-0.2, 0) is 53.0 Å². The number of urea groups is 5. The number of likely N-dealkylation sites (N-methyl/N-ethyl adjacent to an activating group) is 1. The highest BCUT2D eigenvalue weighted by molar-refractivity contribution is 6.02. The van der Waals surface area contributed by atoms with Gasteiger partial charge >= 0.3 is 30.2 Å². The molecular formula is C69H89N19O22. The van der Waals surface area contributed by atoms with Gasteiger partial charge in [0.2, 0.25) is 47.0 Å². The number of hydrogen-bond donors (Lipinski definition) is 5. The molecule has 110 heavy (non-hydrogen) atoms. The van der Waals surface area contributed by atoms with Crippen LogP contribution in [0.15, 0.2) is 88.9 Å². The Morgan fingerprint density at radius 2 is 0.764 bits per heavy atom. The maximum absolute atomic E-state index is 12.3. The lowest BCUT2D eigenvalue weighted by molar-refractivity contribution is -0.132. The van der Waals surface area contributed by atoms with Crippen molar-refractivity contribution in [3.05, 3.63) is 103 Å². The average Bonchev–Trinajstić information content (AvgIpc) is 1.66. The number of furan rings is 1. The fourth-order valence-electron chi connectivity index (χ4n) is 14.5. The Morgan fingerprint density at radius 1 is 0.418 bits per heavy atom. The van der Waals surface area contributed by atoms with Gasteiger partial charge in [0.05, 0.1) is 105 Å². The number of nitrogens with one attached hydrogen (secondary N) is 5. The maximum atomic E-state index is 12.3. The van der Waals surface area contributed by atoms with Crippen molar-refractivity contribution in [1.82, 2.24) is 96.3 Å². The summed E-state index contributed by atoms with van der Waals surface area (Å²) in [7, 11) is 10.5. The summed E-state index contributed by atoms with van der Waals surface area (Å²) in [4.78, 5) is 227. The van der Waals surface area contributed by atoms with Crippen molar-refractivity contribution in [2.45, 2.75) is 125 Å². The van der Waals surface area contributed by atoms with Gasteiger partial charge < -0.3 is 64.8 Å². The highest BCUT2D eigenvalue weighted by Gasteiger charge is 2.52. The molecule has 0 aliphatic carbocycles.